The van der Waals surface area contributed by atoms with Gasteiger partial charge in [-0.3, -0.25) is 0 Å². The van der Waals surface area contributed by atoms with Crippen molar-refractivity contribution in [3.8, 4) is 16.9 Å². The molecule has 118 valence electrons. The first-order valence-corrected chi connectivity index (χ1v) is 8.58. The molecule has 0 aromatic heterocycles. The van der Waals surface area contributed by atoms with E-state index in [0.717, 1.165) is 0 Å². The molecular formula is C12HCl9O. The zero-order valence-electron chi connectivity index (χ0n) is 9.85. The maximum Gasteiger partial charge on any atom is 0.145 e. The van der Waals surface area contributed by atoms with Crippen molar-refractivity contribution >= 4 is 104 Å². The number of rotatable bonds is 1. The molecule has 0 heterocycles. The first-order chi connectivity index (χ1) is 10.1. The Balaban J connectivity index is 3.03. The standard InChI is InChI=1S/C12HCl9O/c13-3-1(4(14)7(17)9(19)6(3)16)2-5(15)8(18)10(20)11(21)12(2)22/h22H. The van der Waals surface area contributed by atoms with Crippen LogP contribution < -0.4 is 0 Å². The molecule has 0 spiro atoms. The summed E-state index contributed by atoms with van der Waals surface area (Å²) in [7, 11) is 0. The van der Waals surface area contributed by atoms with Crippen molar-refractivity contribution in [2.45, 2.75) is 0 Å². The van der Waals surface area contributed by atoms with Crippen LogP contribution in [0.25, 0.3) is 11.1 Å². The molecule has 0 aliphatic rings. The number of halogens is 9. The highest BCUT2D eigenvalue weighted by atomic mass is 35.5. The van der Waals surface area contributed by atoms with E-state index in [1.54, 1.807) is 0 Å². The predicted molar refractivity (Wildman–Crippen MR) is 98.6 cm³/mol. The number of phenolic OH excluding ortho intramolecular Hbond substituents is 1. The molecule has 1 N–H and O–H groups in total. The van der Waals surface area contributed by atoms with Gasteiger partial charge in [0.15, 0.2) is 0 Å². The van der Waals surface area contributed by atoms with Crippen LogP contribution in [0.3, 0.4) is 0 Å². The third-order valence-electron chi connectivity index (χ3n) is 2.70. The Morgan fingerprint density at radius 2 is 0.636 bits per heavy atom. The van der Waals surface area contributed by atoms with E-state index in [2.05, 4.69) is 0 Å². The minimum atomic E-state index is -0.473. The lowest BCUT2D eigenvalue weighted by Gasteiger charge is -2.17. The van der Waals surface area contributed by atoms with Crippen LogP contribution in [-0.4, -0.2) is 5.11 Å². The molecule has 2 aromatic rings. The Morgan fingerprint density at radius 3 is 1.05 bits per heavy atom. The van der Waals surface area contributed by atoms with E-state index >= 15 is 0 Å². The van der Waals surface area contributed by atoms with Crippen LogP contribution in [0.15, 0.2) is 0 Å². The van der Waals surface area contributed by atoms with Gasteiger partial charge in [0.1, 0.15) is 10.8 Å². The number of phenols is 1. The molecule has 0 saturated heterocycles. The van der Waals surface area contributed by atoms with Crippen molar-refractivity contribution in [2.75, 3.05) is 0 Å². The fraction of sp³-hybridized carbons (Fsp3) is 0. The Labute approximate surface area is 170 Å². The number of aromatic hydroxyl groups is 1. The largest absolute Gasteiger partial charge is 0.506 e. The summed E-state index contributed by atoms with van der Waals surface area (Å²) in [4.78, 5) is 0. The fourth-order valence-corrected chi connectivity index (χ4v) is 3.94. The van der Waals surface area contributed by atoms with Gasteiger partial charge in [0.05, 0.1) is 40.2 Å². The molecule has 2 aromatic carbocycles. The molecule has 0 amide bonds. The zero-order chi connectivity index (χ0) is 16.9. The highest BCUT2D eigenvalue weighted by molar-refractivity contribution is 6.58. The van der Waals surface area contributed by atoms with Gasteiger partial charge in [0.25, 0.3) is 0 Å². The molecule has 1 nitrogen and oxygen atoms in total. The topological polar surface area (TPSA) is 20.2 Å². The van der Waals surface area contributed by atoms with Crippen LogP contribution in [0.1, 0.15) is 0 Å². The molecule has 0 unspecified atom stereocenters. The maximum absolute atomic E-state index is 10.2. The van der Waals surface area contributed by atoms with Crippen molar-refractivity contribution in [2.24, 2.45) is 0 Å². The summed E-state index contributed by atoms with van der Waals surface area (Å²) in [6, 6.07) is 0. The van der Waals surface area contributed by atoms with Gasteiger partial charge in [-0.15, -0.1) is 0 Å². The van der Waals surface area contributed by atoms with E-state index < -0.39 is 5.75 Å². The summed E-state index contributed by atoms with van der Waals surface area (Å²) in [5, 5.41) is 9.38. The molecule has 0 saturated carbocycles. The van der Waals surface area contributed by atoms with Crippen LogP contribution in [0.5, 0.6) is 5.75 Å². The third-order valence-corrected chi connectivity index (χ3v) is 6.77. The summed E-state index contributed by atoms with van der Waals surface area (Å²) in [6.45, 7) is 0. The second-order valence-corrected chi connectivity index (χ2v) is 7.33. The quantitative estimate of drug-likeness (QED) is 0.319. The van der Waals surface area contributed by atoms with Crippen LogP contribution in [-0.2, 0) is 0 Å². The van der Waals surface area contributed by atoms with Gasteiger partial charge in [-0.25, -0.2) is 0 Å². The summed E-state index contributed by atoms with van der Waals surface area (Å²) >= 11 is 54.1. The molecular weight excluding hydrogens is 479 g/mol. The van der Waals surface area contributed by atoms with E-state index in [1.807, 2.05) is 0 Å². The van der Waals surface area contributed by atoms with Crippen molar-refractivity contribution < 1.29 is 5.11 Å². The van der Waals surface area contributed by atoms with Crippen molar-refractivity contribution in [3.63, 3.8) is 0 Å². The smallest absolute Gasteiger partial charge is 0.145 e. The molecule has 0 fully saturated rings. The van der Waals surface area contributed by atoms with Gasteiger partial charge in [0, 0.05) is 11.1 Å². The Bertz CT molecular complexity index is 675. The lowest BCUT2D eigenvalue weighted by molar-refractivity contribution is 0.477. The third kappa shape index (κ3) is 2.94. The van der Waals surface area contributed by atoms with Crippen LogP contribution in [0.2, 0.25) is 45.2 Å². The Kier molecular flexibility index (Phi) is 6.10. The zero-order valence-corrected chi connectivity index (χ0v) is 16.7. The number of hydrogen-bond donors (Lipinski definition) is 1. The van der Waals surface area contributed by atoms with Gasteiger partial charge in [-0.1, -0.05) is 104 Å². The summed E-state index contributed by atoms with van der Waals surface area (Å²) in [6.07, 6.45) is 0. The normalized spacial score (nSPS) is 11.1. The number of benzene rings is 2. The maximum atomic E-state index is 10.2. The minimum Gasteiger partial charge on any atom is -0.506 e. The number of hydrogen-bond acceptors (Lipinski definition) is 1. The van der Waals surface area contributed by atoms with Gasteiger partial charge < -0.3 is 5.11 Å². The van der Waals surface area contributed by atoms with Gasteiger partial charge in [-0.05, 0) is 0 Å². The average molecular weight is 480 g/mol. The summed E-state index contributed by atoms with van der Waals surface area (Å²) in [5.41, 5.74) is -0.0257. The molecule has 0 bridgehead atoms. The highest BCUT2D eigenvalue weighted by Crippen LogP contribution is 2.55. The van der Waals surface area contributed by atoms with Crippen molar-refractivity contribution in [1.82, 2.24) is 0 Å². The molecule has 10 heteroatoms. The first kappa shape index (κ1) is 19.2. The van der Waals surface area contributed by atoms with Crippen molar-refractivity contribution in [3.05, 3.63) is 45.2 Å². The van der Waals surface area contributed by atoms with Gasteiger partial charge in [0.2, 0.25) is 0 Å². The van der Waals surface area contributed by atoms with Gasteiger partial charge >= 0.3 is 0 Å². The SMILES string of the molecule is Oc1c(Cl)c(Cl)c(Cl)c(Cl)c1-c1c(Cl)c(Cl)c(Cl)c(Cl)c1Cl. The molecule has 0 aliphatic heterocycles. The second-order valence-electron chi connectivity index (χ2n) is 3.92. The molecule has 22 heavy (non-hydrogen) atoms. The fourth-order valence-electron chi connectivity index (χ4n) is 1.67. The van der Waals surface area contributed by atoms with E-state index in [9.17, 15) is 5.11 Å². The minimum absolute atomic E-state index is 0.0331. The van der Waals surface area contributed by atoms with Gasteiger partial charge in [-0.2, -0.15) is 0 Å². The second kappa shape index (κ2) is 7.00. The monoisotopic (exact) mass is 476 g/mol. The molecule has 2 rings (SSSR count). The Morgan fingerprint density at radius 1 is 0.364 bits per heavy atom. The highest BCUT2D eigenvalue weighted by Gasteiger charge is 2.28. The molecule has 0 atom stereocenters. The van der Waals surface area contributed by atoms with Crippen LogP contribution >= 0.6 is 104 Å². The molecule has 0 aliphatic carbocycles. The van der Waals surface area contributed by atoms with Crippen LogP contribution in [0.4, 0.5) is 0 Å². The van der Waals surface area contributed by atoms with E-state index in [-0.39, 0.29) is 56.3 Å². The summed E-state index contributed by atoms with van der Waals surface area (Å²) < 4.78 is 0. The average Bonchev–Trinajstić information content (AvgIpc) is 2.50. The summed E-state index contributed by atoms with van der Waals surface area (Å²) in [5.74, 6) is -0.473. The molecule has 0 radical (unpaired) electrons. The first-order valence-electron chi connectivity index (χ1n) is 5.17. The lowest BCUT2D eigenvalue weighted by Crippen LogP contribution is -1.91. The van der Waals surface area contributed by atoms with E-state index in [1.165, 1.54) is 0 Å². The van der Waals surface area contributed by atoms with Crippen molar-refractivity contribution in [1.29, 1.82) is 0 Å². The van der Waals surface area contributed by atoms with Crippen LogP contribution in [0, 0.1) is 0 Å². The Hall–Kier alpha value is 0.850. The van der Waals surface area contributed by atoms with E-state index in [4.69, 9.17) is 104 Å². The lowest BCUT2D eigenvalue weighted by atomic mass is 10.0. The van der Waals surface area contributed by atoms with E-state index in [0.29, 0.717) is 0 Å². The predicted octanol–water partition coefficient (Wildman–Crippen LogP) is 8.94.